The van der Waals surface area contributed by atoms with Crippen LogP contribution in [-0.2, 0) is 6.42 Å². The topological polar surface area (TPSA) is 64.1 Å². The van der Waals surface area contributed by atoms with Crippen molar-refractivity contribution in [3.63, 3.8) is 0 Å². The van der Waals surface area contributed by atoms with Gasteiger partial charge in [0.15, 0.2) is 5.58 Å². The van der Waals surface area contributed by atoms with Gasteiger partial charge in [-0.05, 0) is 30.5 Å². The van der Waals surface area contributed by atoms with Gasteiger partial charge in [0, 0.05) is 13.1 Å². The summed E-state index contributed by atoms with van der Waals surface area (Å²) in [5, 5.41) is 3.08. The van der Waals surface area contributed by atoms with Crippen LogP contribution in [0.1, 0.15) is 63.9 Å². The molecule has 0 saturated carbocycles. The van der Waals surface area contributed by atoms with Gasteiger partial charge in [0.05, 0.1) is 0 Å². The molecule has 136 valence electrons. The third-order valence-electron chi connectivity index (χ3n) is 4.19. The molecule has 0 aliphatic heterocycles. The summed E-state index contributed by atoms with van der Waals surface area (Å²) in [6, 6.07) is 6.89. The zero-order valence-corrected chi connectivity index (χ0v) is 15.7. The van der Waals surface area contributed by atoms with E-state index >= 15 is 0 Å². The highest BCUT2D eigenvalue weighted by Crippen LogP contribution is 2.21. The van der Waals surface area contributed by atoms with E-state index in [1.165, 1.54) is 56.9 Å². The number of hydrogen-bond acceptors (Lipinski definition) is 4. The van der Waals surface area contributed by atoms with Crippen LogP contribution in [0.3, 0.4) is 0 Å². The normalized spacial score (nSPS) is 10.8. The Bertz CT molecular complexity index is 571. The molecule has 1 aromatic carbocycles. The van der Waals surface area contributed by atoms with Gasteiger partial charge in [-0.15, -0.1) is 12.4 Å². The molecule has 0 aliphatic rings. The number of unbranched alkanes of at least 4 members (excludes halogenated alkanes) is 7. The fourth-order valence-electron chi connectivity index (χ4n) is 2.85. The standard InChI is InChI=1S/C19H31N3O.ClH/c1-2-3-4-5-6-7-8-9-10-16-11-12-18-17(15-16)22-19(23-18)21-14-13-20;/h11-12,15H,2-10,13-14,20H2,1H3,(H,21,22);1H. The molecule has 0 spiro atoms. The highest BCUT2D eigenvalue weighted by Gasteiger charge is 2.05. The SMILES string of the molecule is CCCCCCCCCCc1ccc2oc(NCCN)nc2c1.Cl. The van der Waals surface area contributed by atoms with Crippen LogP contribution in [0.25, 0.3) is 11.1 Å². The van der Waals surface area contributed by atoms with Gasteiger partial charge in [0.2, 0.25) is 0 Å². The quantitative estimate of drug-likeness (QED) is 0.508. The Morgan fingerprint density at radius 1 is 1.04 bits per heavy atom. The second-order valence-corrected chi connectivity index (χ2v) is 6.26. The van der Waals surface area contributed by atoms with Gasteiger partial charge in [-0.2, -0.15) is 4.98 Å². The smallest absolute Gasteiger partial charge is 0.295 e. The second-order valence-electron chi connectivity index (χ2n) is 6.26. The molecule has 0 aliphatic carbocycles. The minimum Gasteiger partial charge on any atom is -0.424 e. The minimum atomic E-state index is 0. The third-order valence-corrected chi connectivity index (χ3v) is 4.19. The minimum absolute atomic E-state index is 0. The average molecular weight is 354 g/mol. The monoisotopic (exact) mass is 353 g/mol. The van der Waals surface area contributed by atoms with E-state index in [1.807, 2.05) is 6.07 Å². The van der Waals surface area contributed by atoms with Gasteiger partial charge in [-0.1, -0.05) is 57.9 Å². The molecule has 1 heterocycles. The van der Waals surface area contributed by atoms with Crippen molar-refractivity contribution in [1.82, 2.24) is 4.98 Å². The van der Waals surface area contributed by atoms with Crippen LogP contribution in [0.4, 0.5) is 6.01 Å². The average Bonchev–Trinajstić information content (AvgIpc) is 2.97. The first-order valence-electron chi connectivity index (χ1n) is 9.17. The van der Waals surface area contributed by atoms with Gasteiger partial charge in [-0.25, -0.2) is 0 Å². The van der Waals surface area contributed by atoms with Crippen molar-refractivity contribution in [1.29, 1.82) is 0 Å². The molecule has 0 saturated heterocycles. The van der Waals surface area contributed by atoms with E-state index in [9.17, 15) is 0 Å². The molecule has 0 fully saturated rings. The van der Waals surface area contributed by atoms with E-state index in [4.69, 9.17) is 10.2 Å². The predicted octanol–water partition coefficient (Wildman–Crippen LogP) is 5.30. The maximum absolute atomic E-state index is 5.64. The fourth-order valence-corrected chi connectivity index (χ4v) is 2.85. The maximum atomic E-state index is 5.64. The van der Waals surface area contributed by atoms with Crippen LogP contribution in [0, 0.1) is 0 Å². The number of halogens is 1. The summed E-state index contributed by atoms with van der Waals surface area (Å²) in [4.78, 5) is 4.46. The molecule has 5 heteroatoms. The highest BCUT2D eigenvalue weighted by molar-refractivity contribution is 5.85. The number of aryl methyl sites for hydroxylation is 1. The number of hydrogen-bond donors (Lipinski definition) is 2. The summed E-state index contributed by atoms with van der Waals surface area (Å²) >= 11 is 0. The molecule has 1 aromatic heterocycles. The summed E-state index contributed by atoms with van der Waals surface area (Å²) < 4.78 is 5.64. The third kappa shape index (κ3) is 7.10. The number of oxazole rings is 1. The van der Waals surface area contributed by atoms with Gasteiger partial charge < -0.3 is 15.5 Å². The largest absolute Gasteiger partial charge is 0.424 e. The maximum Gasteiger partial charge on any atom is 0.295 e. The molecule has 2 aromatic rings. The number of anilines is 1. The lowest BCUT2D eigenvalue weighted by Gasteiger charge is -2.02. The molecule has 2 rings (SSSR count). The van der Waals surface area contributed by atoms with E-state index < -0.39 is 0 Å². The van der Waals surface area contributed by atoms with E-state index in [1.54, 1.807) is 0 Å². The number of nitrogens with one attached hydrogen (secondary N) is 1. The Hall–Kier alpha value is -1.26. The number of benzene rings is 1. The fraction of sp³-hybridized carbons (Fsp3) is 0.632. The first kappa shape index (κ1) is 20.8. The Morgan fingerprint density at radius 3 is 2.46 bits per heavy atom. The lowest BCUT2D eigenvalue weighted by molar-refractivity contribution is 0.575. The van der Waals surface area contributed by atoms with Crippen molar-refractivity contribution in [3.8, 4) is 0 Å². The zero-order valence-electron chi connectivity index (χ0n) is 14.9. The molecule has 0 amide bonds. The first-order valence-corrected chi connectivity index (χ1v) is 9.17. The van der Waals surface area contributed by atoms with Gasteiger partial charge >= 0.3 is 0 Å². The number of fused-ring (bicyclic) bond motifs is 1. The molecule has 0 unspecified atom stereocenters. The molecule has 24 heavy (non-hydrogen) atoms. The van der Waals surface area contributed by atoms with Crippen molar-refractivity contribution in [3.05, 3.63) is 23.8 Å². The van der Waals surface area contributed by atoms with Crippen LogP contribution < -0.4 is 11.1 Å². The molecular formula is C19H32ClN3O. The van der Waals surface area contributed by atoms with Gasteiger partial charge in [-0.3, -0.25) is 0 Å². The molecule has 0 radical (unpaired) electrons. The van der Waals surface area contributed by atoms with Crippen LogP contribution in [0.5, 0.6) is 0 Å². The number of rotatable bonds is 12. The highest BCUT2D eigenvalue weighted by atomic mass is 35.5. The van der Waals surface area contributed by atoms with Gasteiger partial charge in [0.1, 0.15) is 5.52 Å². The summed E-state index contributed by atoms with van der Waals surface area (Å²) in [7, 11) is 0. The lowest BCUT2D eigenvalue weighted by atomic mass is 10.0. The van der Waals surface area contributed by atoms with E-state index in [-0.39, 0.29) is 12.4 Å². The van der Waals surface area contributed by atoms with E-state index in [2.05, 4.69) is 29.4 Å². The summed E-state index contributed by atoms with van der Waals surface area (Å²) in [5.74, 6) is 0. The van der Waals surface area contributed by atoms with E-state index in [0.717, 1.165) is 17.5 Å². The molecule has 4 nitrogen and oxygen atoms in total. The number of nitrogens with two attached hydrogens (primary N) is 1. The number of aromatic nitrogens is 1. The lowest BCUT2D eigenvalue weighted by Crippen LogP contribution is -2.13. The summed E-state index contributed by atoms with van der Waals surface area (Å²) in [6.45, 7) is 3.52. The van der Waals surface area contributed by atoms with Crippen molar-refractivity contribution >= 4 is 29.5 Å². The van der Waals surface area contributed by atoms with Crippen LogP contribution >= 0.6 is 12.4 Å². The van der Waals surface area contributed by atoms with Crippen LogP contribution in [0.15, 0.2) is 22.6 Å². The Kier molecular flexibility index (Phi) is 10.5. The zero-order chi connectivity index (χ0) is 16.3. The molecule has 0 bridgehead atoms. The van der Waals surface area contributed by atoms with Crippen molar-refractivity contribution < 1.29 is 4.42 Å². The van der Waals surface area contributed by atoms with Crippen LogP contribution in [0.2, 0.25) is 0 Å². The van der Waals surface area contributed by atoms with E-state index in [0.29, 0.717) is 19.1 Å². The van der Waals surface area contributed by atoms with Crippen molar-refractivity contribution in [2.75, 3.05) is 18.4 Å². The molecule has 3 N–H and O–H groups in total. The van der Waals surface area contributed by atoms with Crippen molar-refractivity contribution in [2.24, 2.45) is 5.73 Å². The second kappa shape index (κ2) is 12.2. The molecular weight excluding hydrogens is 322 g/mol. The van der Waals surface area contributed by atoms with Crippen molar-refractivity contribution in [2.45, 2.75) is 64.7 Å². The first-order chi connectivity index (χ1) is 11.3. The molecule has 0 atom stereocenters. The summed E-state index contributed by atoms with van der Waals surface area (Å²) in [5.41, 5.74) is 8.59. The Labute approximate surface area is 152 Å². The Balaban J connectivity index is 0.00000288. The predicted molar refractivity (Wildman–Crippen MR) is 105 cm³/mol. The number of nitrogens with zero attached hydrogens (tertiary/aromatic N) is 1. The van der Waals surface area contributed by atoms with Crippen LogP contribution in [-0.4, -0.2) is 18.1 Å². The summed E-state index contributed by atoms with van der Waals surface area (Å²) in [6.07, 6.45) is 12.0. The van der Waals surface area contributed by atoms with Gasteiger partial charge in [0.25, 0.3) is 6.01 Å². The Morgan fingerprint density at radius 2 is 1.75 bits per heavy atom.